The summed E-state index contributed by atoms with van der Waals surface area (Å²) in [5.74, 6) is 6.13. The smallest absolute Gasteiger partial charge is 0.330 e. The quantitative estimate of drug-likeness (QED) is 0.227. The van der Waals surface area contributed by atoms with Gasteiger partial charge in [-0.3, -0.25) is 0 Å². The number of aromatic hydroxyl groups is 1. The molecule has 4 saturated carbocycles. The van der Waals surface area contributed by atoms with Gasteiger partial charge >= 0.3 is 5.97 Å². The van der Waals surface area contributed by atoms with E-state index in [1.54, 1.807) is 24.3 Å². The SMILES string of the molecule is COc1cc(/C=C/C(=O)OCC(C)CCC[C@@H](C)[C@H]2CC[C@H]3[C@@H]4CCC5CCCC[C@]5(C)[C@H]4CC[C@]23C)ccc1O. The van der Waals surface area contributed by atoms with Crippen LogP contribution in [-0.4, -0.2) is 24.8 Å². The standard InChI is InChI=1S/C37H56O4/c1-25(24-41-35(39)19-13-27-12-18-33(38)34(23-27)40-5)9-8-10-26(2)30-16-17-31-29-15-14-28-11-6-7-21-36(28,3)32(29)20-22-37(30,31)4/h12-13,18-19,23,25-26,28-32,38H,6-11,14-17,20-22,24H2,1-5H3/b19-13+/t25?,26-,28?,29+,30-,31+,32+,36+,37-/m1/s1. The van der Waals surface area contributed by atoms with Gasteiger partial charge in [-0.25, -0.2) is 4.79 Å². The van der Waals surface area contributed by atoms with E-state index in [0.29, 0.717) is 29.1 Å². The Hall–Kier alpha value is -1.97. The van der Waals surface area contributed by atoms with E-state index in [9.17, 15) is 9.90 Å². The first-order valence-electron chi connectivity index (χ1n) is 16.9. The van der Waals surface area contributed by atoms with Crippen molar-refractivity contribution in [2.24, 2.45) is 52.3 Å². The summed E-state index contributed by atoms with van der Waals surface area (Å²) >= 11 is 0. The molecule has 4 aliphatic carbocycles. The lowest BCUT2D eigenvalue weighted by Gasteiger charge is -2.61. The molecule has 4 heteroatoms. The number of phenols is 1. The van der Waals surface area contributed by atoms with Gasteiger partial charge in [-0.1, -0.05) is 59.4 Å². The van der Waals surface area contributed by atoms with Crippen molar-refractivity contribution in [1.82, 2.24) is 0 Å². The summed E-state index contributed by atoms with van der Waals surface area (Å²) in [6, 6.07) is 5.00. The first-order valence-corrected chi connectivity index (χ1v) is 16.9. The van der Waals surface area contributed by atoms with Gasteiger partial charge in [0, 0.05) is 6.08 Å². The molecular weight excluding hydrogens is 508 g/mol. The normalized spacial score (nSPS) is 36.2. The number of esters is 1. The molecule has 0 saturated heterocycles. The molecule has 2 unspecified atom stereocenters. The summed E-state index contributed by atoms with van der Waals surface area (Å²) in [7, 11) is 1.51. The van der Waals surface area contributed by atoms with E-state index < -0.39 is 0 Å². The molecule has 0 aromatic heterocycles. The molecule has 0 amide bonds. The molecule has 4 fully saturated rings. The molecule has 1 aromatic carbocycles. The van der Waals surface area contributed by atoms with Crippen molar-refractivity contribution in [3.63, 3.8) is 0 Å². The Balaban J connectivity index is 1.06. The Labute approximate surface area is 249 Å². The van der Waals surface area contributed by atoms with Gasteiger partial charge in [0.05, 0.1) is 13.7 Å². The number of fused-ring (bicyclic) bond motifs is 5. The fourth-order valence-corrected chi connectivity index (χ4v) is 10.6. The summed E-state index contributed by atoms with van der Waals surface area (Å²) in [5, 5.41) is 9.73. The van der Waals surface area contributed by atoms with Gasteiger partial charge < -0.3 is 14.6 Å². The molecule has 0 aliphatic heterocycles. The second kappa shape index (κ2) is 12.7. The molecule has 4 aliphatic rings. The average Bonchev–Trinajstić information content (AvgIpc) is 3.32. The Kier molecular flexibility index (Phi) is 9.46. The molecule has 5 rings (SSSR count). The van der Waals surface area contributed by atoms with Gasteiger partial charge in [-0.05, 0) is 134 Å². The van der Waals surface area contributed by atoms with Crippen molar-refractivity contribution in [2.75, 3.05) is 13.7 Å². The first kappa shape index (κ1) is 30.5. The second-order valence-electron chi connectivity index (χ2n) is 15.0. The minimum absolute atomic E-state index is 0.0839. The van der Waals surface area contributed by atoms with Crippen LogP contribution in [-0.2, 0) is 9.53 Å². The van der Waals surface area contributed by atoms with E-state index in [2.05, 4.69) is 27.7 Å². The van der Waals surface area contributed by atoms with Crippen LogP contribution >= 0.6 is 0 Å². The average molecular weight is 565 g/mol. The third-order valence-corrected chi connectivity index (χ3v) is 12.8. The number of hydrogen-bond acceptors (Lipinski definition) is 4. The van der Waals surface area contributed by atoms with Gasteiger partial charge in [0.2, 0.25) is 0 Å². The van der Waals surface area contributed by atoms with Crippen molar-refractivity contribution in [3.8, 4) is 11.5 Å². The fraction of sp³-hybridized carbons (Fsp3) is 0.757. The van der Waals surface area contributed by atoms with Crippen LogP contribution in [0.15, 0.2) is 24.3 Å². The number of phenolic OH excluding ortho intramolecular Hbond substituents is 1. The van der Waals surface area contributed by atoms with E-state index in [1.165, 1.54) is 90.2 Å². The lowest BCUT2D eigenvalue weighted by atomic mass is 9.44. The van der Waals surface area contributed by atoms with Crippen LogP contribution in [0.3, 0.4) is 0 Å². The topological polar surface area (TPSA) is 55.8 Å². The summed E-state index contributed by atoms with van der Waals surface area (Å²) in [5.41, 5.74) is 1.97. The molecule has 1 N–H and O–H groups in total. The molecule has 4 nitrogen and oxygen atoms in total. The highest BCUT2D eigenvalue weighted by atomic mass is 16.5. The van der Waals surface area contributed by atoms with Crippen molar-refractivity contribution in [3.05, 3.63) is 29.8 Å². The van der Waals surface area contributed by atoms with E-state index >= 15 is 0 Å². The van der Waals surface area contributed by atoms with Crippen molar-refractivity contribution in [2.45, 2.75) is 111 Å². The third kappa shape index (κ3) is 6.23. The highest BCUT2D eigenvalue weighted by molar-refractivity contribution is 5.87. The molecule has 0 radical (unpaired) electrons. The molecule has 0 heterocycles. The molecule has 41 heavy (non-hydrogen) atoms. The summed E-state index contributed by atoms with van der Waals surface area (Å²) < 4.78 is 10.7. The van der Waals surface area contributed by atoms with Gasteiger partial charge in [0.15, 0.2) is 11.5 Å². The maximum absolute atomic E-state index is 12.3. The van der Waals surface area contributed by atoms with Crippen LogP contribution in [0, 0.1) is 52.3 Å². The predicted molar refractivity (Wildman–Crippen MR) is 167 cm³/mol. The first-order chi connectivity index (χ1) is 19.7. The highest BCUT2D eigenvalue weighted by Crippen LogP contribution is 2.68. The Morgan fingerprint density at radius 1 is 1.00 bits per heavy atom. The largest absolute Gasteiger partial charge is 0.504 e. The third-order valence-electron chi connectivity index (χ3n) is 12.8. The van der Waals surface area contributed by atoms with E-state index in [1.807, 2.05) is 0 Å². The van der Waals surface area contributed by atoms with E-state index in [-0.39, 0.29) is 11.7 Å². The van der Waals surface area contributed by atoms with Crippen LogP contribution in [0.2, 0.25) is 0 Å². The van der Waals surface area contributed by atoms with Crippen molar-refractivity contribution in [1.29, 1.82) is 0 Å². The maximum Gasteiger partial charge on any atom is 0.330 e. The Bertz CT molecular complexity index is 1080. The molecule has 0 spiro atoms. The molecular formula is C37H56O4. The number of rotatable bonds is 10. The van der Waals surface area contributed by atoms with Gasteiger partial charge in [0.25, 0.3) is 0 Å². The molecule has 228 valence electrons. The molecule has 9 atom stereocenters. The van der Waals surface area contributed by atoms with Gasteiger partial charge in [-0.15, -0.1) is 0 Å². The van der Waals surface area contributed by atoms with Crippen LogP contribution in [0.1, 0.15) is 117 Å². The summed E-state index contributed by atoms with van der Waals surface area (Å²) in [6.07, 6.45) is 21.6. The highest BCUT2D eigenvalue weighted by Gasteiger charge is 2.60. The number of benzene rings is 1. The second-order valence-corrected chi connectivity index (χ2v) is 15.0. The van der Waals surface area contributed by atoms with Gasteiger partial charge in [-0.2, -0.15) is 0 Å². The lowest BCUT2D eigenvalue weighted by Crippen LogP contribution is -2.53. The minimum atomic E-state index is -0.325. The van der Waals surface area contributed by atoms with Crippen molar-refractivity contribution < 1.29 is 19.4 Å². The zero-order valence-corrected chi connectivity index (χ0v) is 26.5. The number of ether oxygens (including phenoxy) is 2. The number of methoxy groups -OCH3 is 1. The monoisotopic (exact) mass is 564 g/mol. The van der Waals surface area contributed by atoms with Crippen LogP contribution in [0.25, 0.3) is 6.08 Å². The molecule has 1 aromatic rings. The fourth-order valence-electron chi connectivity index (χ4n) is 10.6. The van der Waals surface area contributed by atoms with Crippen molar-refractivity contribution >= 4 is 12.0 Å². The zero-order chi connectivity index (χ0) is 29.2. The van der Waals surface area contributed by atoms with Crippen LogP contribution in [0.5, 0.6) is 11.5 Å². The number of carbonyl (C=O) groups excluding carboxylic acids is 1. The number of hydrogen-bond donors (Lipinski definition) is 1. The number of carbonyl (C=O) groups is 1. The predicted octanol–water partition coefficient (Wildman–Crippen LogP) is 9.45. The Morgan fingerprint density at radius 2 is 1.80 bits per heavy atom. The minimum Gasteiger partial charge on any atom is -0.504 e. The molecule has 0 bridgehead atoms. The Morgan fingerprint density at radius 3 is 2.61 bits per heavy atom. The summed E-state index contributed by atoms with van der Waals surface area (Å²) in [6.45, 7) is 10.6. The zero-order valence-electron chi connectivity index (χ0n) is 26.5. The van der Waals surface area contributed by atoms with E-state index in [0.717, 1.165) is 47.5 Å². The van der Waals surface area contributed by atoms with Crippen LogP contribution in [0.4, 0.5) is 0 Å². The maximum atomic E-state index is 12.3. The lowest BCUT2D eigenvalue weighted by molar-refractivity contribution is -0.138. The summed E-state index contributed by atoms with van der Waals surface area (Å²) in [4.78, 5) is 12.3. The van der Waals surface area contributed by atoms with Crippen LogP contribution < -0.4 is 4.74 Å². The van der Waals surface area contributed by atoms with E-state index in [4.69, 9.17) is 9.47 Å². The van der Waals surface area contributed by atoms with Gasteiger partial charge in [0.1, 0.15) is 0 Å².